The molecule has 1 N–H and O–H groups in total. The van der Waals surface area contributed by atoms with Gasteiger partial charge in [0.1, 0.15) is 0 Å². The minimum absolute atomic E-state index is 0.159. The summed E-state index contributed by atoms with van der Waals surface area (Å²) in [6, 6.07) is 8.64. The normalized spacial score (nSPS) is 12.5. The van der Waals surface area contributed by atoms with E-state index >= 15 is 0 Å². The number of hydrogen-bond donors (Lipinski definition) is 1. The van der Waals surface area contributed by atoms with Crippen LogP contribution in [0.2, 0.25) is 0 Å². The molecule has 0 radical (unpaired) electrons. The summed E-state index contributed by atoms with van der Waals surface area (Å²) in [5.74, 6) is 0.650. The second kappa shape index (κ2) is 7.77. The van der Waals surface area contributed by atoms with Crippen molar-refractivity contribution in [1.82, 2.24) is 5.32 Å². The highest BCUT2D eigenvalue weighted by Gasteiger charge is 2.14. The van der Waals surface area contributed by atoms with Crippen molar-refractivity contribution in [3.05, 3.63) is 35.4 Å². The largest absolute Gasteiger partial charge is 0.352 e. The first kappa shape index (κ1) is 15.5. The van der Waals surface area contributed by atoms with Crippen LogP contribution >= 0.6 is 22.6 Å². The van der Waals surface area contributed by atoms with Crippen LogP contribution < -0.4 is 5.32 Å². The monoisotopic (exact) mass is 359 g/mol. The lowest BCUT2D eigenvalue weighted by molar-refractivity contribution is -0.121. The van der Waals surface area contributed by atoms with Gasteiger partial charge in [0.25, 0.3) is 0 Å². The third-order valence-corrected chi connectivity index (χ3v) is 3.99. The van der Waals surface area contributed by atoms with Crippen LogP contribution in [0.5, 0.6) is 0 Å². The van der Waals surface area contributed by atoms with E-state index in [-0.39, 0.29) is 11.9 Å². The van der Waals surface area contributed by atoms with E-state index in [1.54, 1.807) is 0 Å². The van der Waals surface area contributed by atoms with Crippen LogP contribution in [0.4, 0.5) is 0 Å². The number of aryl methyl sites for hydroxylation is 2. The molecule has 1 atom stereocenters. The van der Waals surface area contributed by atoms with Crippen molar-refractivity contribution in [1.29, 1.82) is 0 Å². The summed E-state index contributed by atoms with van der Waals surface area (Å²) in [5, 5.41) is 3.10. The molecule has 100 valence electrons. The zero-order chi connectivity index (χ0) is 13.5. The van der Waals surface area contributed by atoms with E-state index in [1.165, 1.54) is 11.1 Å². The average molecular weight is 359 g/mol. The Morgan fingerprint density at radius 2 is 2.11 bits per heavy atom. The Morgan fingerprint density at radius 1 is 1.39 bits per heavy atom. The predicted octanol–water partition coefficient (Wildman–Crippen LogP) is 3.50. The Bertz CT molecular complexity index is 390. The number of hydrogen-bond acceptors (Lipinski definition) is 1. The van der Waals surface area contributed by atoms with Gasteiger partial charge in [0.05, 0.1) is 0 Å². The molecule has 3 heteroatoms. The van der Waals surface area contributed by atoms with E-state index in [1.807, 2.05) is 6.07 Å². The number of halogens is 1. The molecule has 0 heterocycles. The Labute approximate surface area is 124 Å². The van der Waals surface area contributed by atoms with Gasteiger partial charge in [-0.1, -0.05) is 66.3 Å². The highest BCUT2D eigenvalue weighted by Crippen LogP contribution is 2.08. The van der Waals surface area contributed by atoms with Gasteiger partial charge in [-0.2, -0.15) is 0 Å². The summed E-state index contributed by atoms with van der Waals surface area (Å²) in [6.45, 7) is 6.36. The number of benzene rings is 1. The number of carbonyl (C=O) groups excluding carboxylic acids is 1. The van der Waals surface area contributed by atoms with E-state index < -0.39 is 0 Å². The molecule has 1 aromatic rings. The number of amides is 1. The SMILES string of the molecule is Cc1cccc(CCC(=O)NC(CI)C(C)C)c1. The van der Waals surface area contributed by atoms with Crippen LogP contribution in [-0.2, 0) is 11.2 Å². The fraction of sp³-hybridized carbons (Fsp3) is 0.533. The van der Waals surface area contributed by atoms with Gasteiger partial charge < -0.3 is 5.32 Å². The Hall–Kier alpha value is -0.580. The van der Waals surface area contributed by atoms with Crippen molar-refractivity contribution >= 4 is 28.5 Å². The molecular formula is C15H22INO. The van der Waals surface area contributed by atoms with E-state index in [0.717, 1.165) is 10.8 Å². The molecule has 1 rings (SSSR count). The van der Waals surface area contributed by atoms with Gasteiger partial charge in [0.15, 0.2) is 0 Å². The molecule has 1 amide bonds. The van der Waals surface area contributed by atoms with Crippen LogP contribution in [0.3, 0.4) is 0 Å². The van der Waals surface area contributed by atoms with Crippen LogP contribution in [0, 0.1) is 12.8 Å². The number of nitrogens with one attached hydrogen (secondary N) is 1. The second-order valence-electron chi connectivity index (χ2n) is 5.06. The zero-order valence-electron chi connectivity index (χ0n) is 11.4. The van der Waals surface area contributed by atoms with Crippen molar-refractivity contribution in [2.45, 2.75) is 39.7 Å². The topological polar surface area (TPSA) is 29.1 Å². The first-order valence-corrected chi connectivity index (χ1v) is 7.96. The van der Waals surface area contributed by atoms with Crippen molar-refractivity contribution in [3.63, 3.8) is 0 Å². The van der Waals surface area contributed by atoms with Crippen molar-refractivity contribution < 1.29 is 4.79 Å². The molecule has 2 nitrogen and oxygen atoms in total. The maximum Gasteiger partial charge on any atom is 0.220 e. The first-order valence-electron chi connectivity index (χ1n) is 6.43. The molecule has 0 fully saturated rings. The Morgan fingerprint density at radius 3 is 2.67 bits per heavy atom. The molecule has 0 saturated heterocycles. The summed E-state index contributed by atoms with van der Waals surface area (Å²) < 4.78 is 0.964. The Balaban J connectivity index is 2.41. The lowest BCUT2D eigenvalue weighted by atomic mass is 10.0. The molecule has 18 heavy (non-hydrogen) atoms. The maximum absolute atomic E-state index is 11.9. The van der Waals surface area contributed by atoms with E-state index in [2.05, 4.69) is 66.9 Å². The number of alkyl halides is 1. The zero-order valence-corrected chi connectivity index (χ0v) is 13.5. The fourth-order valence-electron chi connectivity index (χ4n) is 1.79. The molecule has 0 aromatic heterocycles. The lowest BCUT2D eigenvalue weighted by Crippen LogP contribution is -2.39. The number of carbonyl (C=O) groups is 1. The fourth-order valence-corrected chi connectivity index (χ4v) is 3.03. The van der Waals surface area contributed by atoms with Gasteiger partial charge in [-0.3, -0.25) is 4.79 Å². The summed E-state index contributed by atoms with van der Waals surface area (Å²) in [4.78, 5) is 11.9. The highest BCUT2D eigenvalue weighted by molar-refractivity contribution is 14.1. The van der Waals surface area contributed by atoms with Crippen molar-refractivity contribution in [2.75, 3.05) is 4.43 Å². The predicted molar refractivity (Wildman–Crippen MR) is 85.2 cm³/mol. The third kappa shape index (κ3) is 5.38. The summed E-state index contributed by atoms with van der Waals surface area (Å²) in [5.41, 5.74) is 2.49. The van der Waals surface area contributed by atoms with Crippen molar-refractivity contribution in [3.8, 4) is 0 Å². The minimum atomic E-state index is 0.159. The smallest absolute Gasteiger partial charge is 0.220 e. The highest BCUT2D eigenvalue weighted by atomic mass is 127. The van der Waals surface area contributed by atoms with Crippen molar-refractivity contribution in [2.24, 2.45) is 5.92 Å². The van der Waals surface area contributed by atoms with Gasteiger partial charge in [0, 0.05) is 16.9 Å². The summed E-state index contributed by atoms with van der Waals surface area (Å²) >= 11 is 2.33. The van der Waals surface area contributed by atoms with Gasteiger partial charge in [-0.15, -0.1) is 0 Å². The standard InChI is InChI=1S/C15H22INO/c1-11(2)14(10-16)17-15(18)8-7-13-6-4-5-12(3)9-13/h4-6,9,11,14H,7-8,10H2,1-3H3,(H,17,18). The first-order chi connectivity index (χ1) is 8.52. The molecule has 0 saturated carbocycles. The molecule has 0 aliphatic heterocycles. The molecular weight excluding hydrogens is 337 g/mol. The van der Waals surface area contributed by atoms with Gasteiger partial charge in [0.2, 0.25) is 5.91 Å². The minimum Gasteiger partial charge on any atom is -0.352 e. The summed E-state index contributed by atoms with van der Waals surface area (Å²) in [6.07, 6.45) is 1.39. The molecule has 1 aromatic carbocycles. The number of rotatable bonds is 6. The van der Waals surface area contributed by atoms with Crippen LogP contribution in [0.15, 0.2) is 24.3 Å². The van der Waals surface area contributed by atoms with E-state index in [0.29, 0.717) is 12.3 Å². The molecule has 0 bridgehead atoms. The molecule has 0 spiro atoms. The van der Waals surface area contributed by atoms with E-state index in [9.17, 15) is 4.79 Å². The van der Waals surface area contributed by atoms with Gasteiger partial charge >= 0.3 is 0 Å². The Kier molecular flexibility index (Phi) is 6.68. The third-order valence-electron chi connectivity index (χ3n) is 3.04. The second-order valence-corrected chi connectivity index (χ2v) is 5.94. The van der Waals surface area contributed by atoms with E-state index in [4.69, 9.17) is 0 Å². The van der Waals surface area contributed by atoms with Crippen LogP contribution in [0.25, 0.3) is 0 Å². The van der Waals surface area contributed by atoms with Crippen LogP contribution in [-0.4, -0.2) is 16.4 Å². The molecule has 1 unspecified atom stereocenters. The average Bonchev–Trinajstić information content (AvgIpc) is 2.33. The molecule has 0 aliphatic carbocycles. The van der Waals surface area contributed by atoms with Gasteiger partial charge in [-0.25, -0.2) is 0 Å². The maximum atomic E-state index is 11.9. The summed E-state index contributed by atoms with van der Waals surface area (Å²) in [7, 11) is 0. The van der Waals surface area contributed by atoms with Gasteiger partial charge in [-0.05, 0) is 24.8 Å². The quantitative estimate of drug-likeness (QED) is 0.611. The molecule has 0 aliphatic rings. The van der Waals surface area contributed by atoms with Crippen LogP contribution in [0.1, 0.15) is 31.4 Å². The lowest BCUT2D eigenvalue weighted by Gasteiger charge is -2.19.